The summed E-state index contributed by atoms with van der Waals surface area (Å²) in [5, 5.41) is 9.02. The van der Waals surface area contributed by atoms with Crippen LogP contribution in [0, 0.1) is 5.41 Å². The van der Waals surface area contributed by atoms with E-state index in [1.165, 1.54) is 0 Å². The third-order valence-corrected chi connectivity index (χ3v) is 3.20. The van der Waals surface area contributed by atoms with E-state index in [0.717, 1.165) is 6.42 Å². The molecule has 0 aromatic carbocycles. The van der Waals surface area contributed by atoms with E-state index in [9.17, 15) is 9.59 Å². The molecular weight excluding hydrogens is 194 g/mol. The molecule has 86 valence electrons. The van der Waals surface area contributed by atoms with Gasteiger partial charge in [-0.3, -0.25) is 9.59 Å². The molecule has 0 saturated carbocycles. The maximum absolute atomic E-state index is 11.6. The van der Waals surface area contributed by atoms with Crippen molar-refractivity contribution in [1.82, 2.24) is 4.90 Å². The van der Waals surface area contributed by atoms with E-state index < -0.39 is 11.4 Å². The summed E-state index contributed by atoms with van der Waals surface area (Å²) in [7, 11) is 0. The largest absolute Gasteiger partial charge is 0.481 e. The number of carbonyl (C=O) groups excluding carboxylic acids is 1. The van der Waals surface area contributed by atoms with Crippen LogP contribution in [0.2, 0.25) is 0 Å². The van der Waals surface area contributed by atoms with Crippen LogP contribution in [0.5, 0.6) is 0 Å². The summed E-state index contributed by atoms with van der Waals surface area (Å²) in [6.45, 7) is 4.91. The summed E-state index contributed by atoms with van der Waals surface area (Å²) in [5.41, 5.74) is -0.636. The van der Waals surface area contributed by atoms with Gasteiger partial charge >= 0.3 is 5.97 Å². The van der Waals surface area contributed by atoms with Crippen LogP contribution in [0.15, 0.2) is 0 Å². The fourth-order valence-corrected chi connectivity index (χ4v) is 1.84. The lowest BCUT2D eigenvalue weighted by atomic mass is 9.80. The normalized spacial score (nSPS) is 20.0. The highest BCUT2D eigenvalue weighted by atomic mass is 16.4. The Labute approximate surface area is 90.3 Å². The molecule has 1 rings (SSSR count). The van der Waals surface area contributed by atoms with Crippen molar-refractivity contribution in [2.75, 3.05) is 13.1 Å². The van der Waals surface area contributed by atoms with Crippen LogP contribution in [0.1, 0.15) is 39.5 Å². The zero-order valence-corrected chi connectivity index (χ0v) is 9.45. The summed E-state index contributed by atoms with van der Waals surface area (Å²) in [4.78, 5) is 24.3. The lowest BCUT2D eigenvalue weighted by Gasteiger charge is -2.36. The Bertz CT molecular complexity index is 255. The van der Waals surface area contributed by atoms with E-state index in [2.05, 4.69) is 0 Å². The van der Waals surface area contributed by atoms with E-state index in [1.807, 2.05) is 6.92 Å². The molecule has 0 atom stereocenters. The fourth-order valence-electron chi connectivity index (χ4n) is 1.84. The van der Waals surface area contributed by atoms with Crippen LogP contribution in [0.4, 0.5) is 0 Å². The van der Waals surface area contributed by atoms with Crippen molar-refractivity contribution in [3.8, 4) is 0 Å². The Morgan fingerprint density at radius 2 is 1.87 bits per heavy atom. The van der Waals surface area contributed by atoms with Crippen molar-refractivity contribution in [2.45, 2.75) is 39.5 Å². The second-order valence-electron chi connectivity index (χ2n) is 4.50. The van der Waals surface area contributed by atoms with Crippen molar-refractivity contribution >= 4 is 11.9 Å². The number of hydrogen-bond donors (Lipinski definition) is 1. The average Bonchev–Trinajstić information content (AvgIpc) is 2.19. The van der Waals surface area contributed by atoms with Crippen LogP contribution in [0.25, 0.3) is 0 Å². The highest BCUT2D eigenvalue weighted by Crippen LogP contribution is 2.31. The predicted molar refractivity (Wildman–Crippen MR) is 56.5 cm³/mol. The number of aliphatic carboxylic acids is 1. The summed E-state index contributed by atoms with van der Waals surface area (Å²) in [5.74, 6) is -0.588. The zero-order chi connectivity index (χ0) is 11.5. The number of carboxylic acids is 1. The minimum Gasteiger partial charge on any atom is -0.481 e. The first-order chi connectivity index (χ1) is 6.99. The monoisotopic (exact) mass is 213 g/mol. The van der Waals surface area contributed by atoms with E-state index in [1.54, 1.807) is 11.8 Å². The minimum atomic E-state index is -0.745. The maximum Gasteiger partial charge on any atom is 0.309 e. The molecule has 0 spiro atoms. The molecule has 4 heteroatoms. The van der Waals surface area contributed by atoms with Gasteiger partial charge in [0.25, 0.3) is 0 Å². The Morgan fingerprint density at radius 3 is 2.27 bits per heavy atom. The Hall–Kier alpha value is -1.06. The van der Waals surface area contributed by atoms with Crippen molar-refractivity contribution in [3.63, 3.8) is 0 Å². The summed E-state index contributed by atoms with van der Waals surface area (Å²) in [6, 6.07) is 0. The molecular formula is C11H19NO3. The Kier molecular flexibility index (Phi) is 3.72. The lowest BCUT2D eigenvalue weighted by Crippen LogP contribution is -2.45. The highest BCUT2D eigenvalue weighted by molar-refractivity contribution is 5.78. The fraction of sp³-hybridized carbons (Fsp3) is 0.818. The number of piperidine rings is 1. The standard InChI is InChI=1S/C11H19NO3/c1-3-4-9(13)12-7-5-11(2,6-8-12)10(14)15/h3-8H2,1-2H3,(H,14,15). The number of carbonyl (C=O) groups is 2. The second-order valence-corrected chi connectivity index (χ2v) is 4.50. The number of amides is 1. The van der Waals surface area contributed by atoms with Gasteiger partial charge < -0.3 is 10.0 Å². The van der Waals surface area contributed by atoms with Crippen molar-refractivity contribution < 1.29 is 14.7 Å². The molecule has 0 aromatic rings. The molecule has 1 N–H and O–H groups in total. The van der Waals surface area contributed by atoms with Gasteiger partial charge in [0, 0.05) is 19.5 Å². The molecule has 15 heavy (non-hydrogen) atoms. The van der Waals surface area contributed by atoms with Crippen LogP contribution < -0.4 is 0 Å². The van der Waals surface area contributed by atoms with Gasteiger partial charge in [-0.25, -0.2) is 0 Å². The smallest absolute Gasteiger partial charge is 0.309 e. The van der Waals surface area contributed by atoms with E-state index in [-0.39, 0.29) is 5.91 Å². The molecule has 4 nitrogen and oxygen atoms in total. The van der Waals surface area contributed by atoms with Crippen LogP contribution in [-0.2, 0) is 9.59 Å². The Balaban J connectivity index is 2.49. The van der Waals surface area contributed by atoms with Crippen LogP contribution in [-0.4, -0.2) is 35.0 Å². The molecule has 1 heterocycles. The molecule has 0 aliphatic carbocycles. The van der Waals surface area contributed by atoms with Crippen molar-refractivity contribution in [3.05, 3.63) is 0 Å². The molecule has 1 saturated heterocycles. The second kappa shape index (κ2) is 4.64. The van der Waals surface area contributed by atoms with Gasteiger partial charge in [0.05, 0.1) is 5.41 Å². The minimum absolute atomic E-state index is 0.157. The first-order valence-corrected chi connectivity index (χ1v) is 5.51. The van der Waals surface area contributed by atoms with Gasteiger partial charge in [-0.05, 0) is 26.2 Å². The number of nitrogens with zero attached hydrogens (tertiary/aromatic N) is 1. The zero-order valence-electron chi connectivity index (χ0n) is 9.45. The predicted octanol–water partition coefficient (Wildman–Crippen LogP) is 1.50. The van der Waals surface area contributed by atoms with Crippen molar-refractivity contribution in [2.24, 2.45) is 5.41 Å². The SMILES string of the molecule is CCCC(=O)N1CCC(C)(C(=O)O)CC1. The molecule has 1 fully saturated rings. The van der Waals surface area contributed by atoms with Crippen LogP contribution in [0.3, 0.4) is 0 Å². The van der Waals surface area contributed by atoms with Gasteiger partial charge in [-0.15, -0.1) is 0 Å². The third-order valence-electron chi connectivity index (χ3n) is 3.20. The molecule has 0 unspecified atom stereocenters. The molecule has 0 radical (unpaired) electrons. The summed E-state index contributed by atoms with van der Waals surface area (Å²) >= 11 is 0. The first-order valence-electron chi connectivity index (χ1n) is 5.51. The number of likely N-dealkylation sites (tertiary alicyclic amines) is 1. The lowest BCUT2D eigenvalue weighted by molar-refractivity contribution is -0.153. The maximum atomic E-state index is 11.6. The molecule has 1 aliphatic heterocycles. The quantitative estimate of drug-likeness (QED) is 0.773. The molecule has 0 bridgehead atoms. The van der Waals surface area contributed by atoms with E-state index in [4.69, 9.17) is 5.11 Å². The summed E-state index contributed by atoms with van der Waals surface area (Å²) < 4.78 is 0. The highest BCUT2D eigenvalue weighted by Gasteiger charge is 2.37. The van der Waals surface area contributed by atoms with Crippen molar-refractivity contribution in [1.29, 1.82) is 0 Å². The molecule has 0 aromatic heterocycles. The van der Waals surface area contributed by atoms with Gasteiger partial charge in [-0.1, -0.05) is 6.92 Å². The van der Waals surface area contributed by atoms with E-state index >= 15 is 0 Å². The average molecular weight is 213 g/mol. The summed E-state index contributed by atoms with van der Waals surface area (Å²) in [6.07, 6.45) is 2.56. The van der Waals surface area contributed by atoms with Gasteiger partial charge in [-0.2, -0.15) is 0 Å². The number of carboxylic acid groups (broad SMARTS) is 1. The van der Waals surface area contributed by atoms with Gasteiger partial charge in [0.2, 0.25) is 5.91 Å². The van der Waals surface area contributed by atoms with Gasteiger partial charge in [0.15, 0.2) is 0 Å². The topological polar surface area (TPSA) is 57.6 Å². The third kappa shape index (κ3) is 2.70. The number of rotatable bonds is 3. The molecule has 1 amide bonds. The van der Waals surface area contributed by atoms with Crippen LogP contribution >= 0.6 is 0 Å². The number of hydrogen-bond acceptors (Lipinski definition) is 2. The first kappa shape index (κ1) is 12.0. The van der Waals surface area contributed by atoms with Gasteiger partial charge in [0.1, 0.15) is 0 Å². The van der Waals surface area contributed by atoms with E-state index in [0.29, 0.717) is 32.4 Å². The molecule has 1 aliphatic rings. The Morgan fingerprint density at radius 1 is 1.33 bits per heavy atom.